The molecule has 4 rings (SSSR count). The van der Waals surface area contributed by atoms with Gasteiger partial charge in [0.25, 0.3) is 0 Å². The lowest BCUT2D eigenvalue weighted by Gasteiger charge is -2.23. The topological polar surface area (TPSA) is 64.6 Å². The Bertz CT molecular complexity index is 1290. The van der Waals surface area contributed by atoms with E-state index in [1.807, 2.05) is 48.5 Å². The minimum Gasteiger partial charge on any atom is -0.456 e. The lowest BCUT2D eigenvalue weighted by Crippen LogP contribution is -2.36. The van der Waals surface area contributed by atoms with Crippen LogP contribution >= 0.6 is 0 Å². The van der Waals surface area contributed by atoms with E-state index in [1.54, 1.807) is 20.8 Å². The SMILES string of the molecule is Cc1c(NC(=O)OCC2c3ccccc3-c3ccccc32)cc([B-](F)(F)F)cc1C(=O)OC(C)(C)C. The van der Waals surface area contributed by atoms with Gasteiger partial charge in [-0.2, -0.15) is 0 Å². The zero-order valence-electron chi connectivity index (χ0n) is 20.4. The second-order valence-electron chi connectivity index (χ2n) is 9.77. The maximum Gasteiger partial charge on any atom is 0.509 e. The van der Waals surface area contributed by atoms with Crippen LogP contribution in [0.4, 0.5) is 23.4 Å². The number of esters is 1. The highest BCUT2D eigenvalue weighted by molar-refractivity contribution is 6.73. The maximum absolute atomic E-state index is 13.6. The summed E-state index contributed by atoms with van der Waals surface area (Å²) in [4.78, 5) is 25.3. The minimum absolute atomic E-state index is 0.000724. The van der Waals surface area contributed by atoms with Crippen LogP contribution < -0.4 is 10.8 Å². The van der Waals surface area contributed by atoms with Gasteiger partial charge in [-0.15, -0.1) is 5.46 Å². The van der Waals surface area contributed by atoms with Gasteiger partial charge >= 0.3 is 19.0 Å². The van der Waals surface area contributed by atoms with E-state index >= 15 is 0 Å². The summed E-state index contributed by atoms with van der Waals surface area (Å²) in [5.41, 5.74) is 1.94. The van der Waals surface area contributed by atoms with Crippen molar-refractivity contribution in [3.63, 3.8) is 0 Å². The van der Waals surface area contributed by atoms with Crippen molar-refractivity contribution in [3.05, 3.63) is 82.9 Å². The predicted octanol–water partition coefficient (Wildman–Crippen LogP) is 6.37. The third kappa shape index (κ3) is 5.25. The number of benzene rings is 3. The molecular weight excluding hydrogens is 470 g/mol. The molecule has 188 valence electrons. The van der Waals surface area contributed by atoms with Gasteiger partial charge in [0.1, 0.15) is 12.2 Å². The van der Waals surface area contributed by atoms with Gasteiger partial charge in [-0.3, -0.25) is 5.32 Å². The van der Waals surface area contributed by atoms with E-state index in [1.165, 1.54) is 6.92 Å². The van der Waals surface area contributed by atoms with Crippen LogP contribution in [0.15, 0.2) is 60.7 Å². The molecule has 1 N–H and O–H groups in total. The standard InChI is InChI=1S/C27H26BF3NO4/c1-16-22(25(33)36-27(2,3)4)13-17(28(29,30)31)14-24(16)32-26(34)35-15-23-20-11-7-5-9-18(20)19-10-6-8-12-21(19)23/h5-14,23H,15H2,1-4H3,(H,32,34)/q-1. The van der Waals surface area contributed by atoms with Gasteiger partial charge in [0.2, 0.25) is 0 Å². The van der Waals surface area contributed by atoms with Crippen molar-refractivity contribution in [1.82, 2.24) is 0 Å². The number of amides is 1. The fraction of sp³-hybridized carbons (Fsp3) is 0.259. The molecule has 0 saturated heterocycles. The van der Waals surface area contributed by atoms with Crippen molar-refractivity contribution in [2.24, 2.45) is 0 Å². The molecule has 3 aromatic carbocycles. The van der Waals surface area contributed by atoms with Gasteiger partial charge in [-0.1, -0.05) is 60.7 Å². The average molecular weight is 496 g/mol. The molecule has 0 unspecified atom stereocenters. The number of anilines is 1. The molecule has 9 heteroatoms. The van der Waals surface area contributed by atoms with Crippen molar-refractivity contribution in [3.8, 4) is 11.1 Å². The Labute approximate surface area is 207 Å². The minimum atomic E-state index is -5.44. The zero-order chi connectivity index (χ0) is 26.3. The highest BCUT2D eigenvalue weighted by Crippen LogP contribution is 2.44. The molecule has 0 heterocycles. The summed E-state index contributed by atoms with van der Waals surface area (Å²) in [5, 5.41) is 2.39. The fourth-order valence-corrected chi connectivity index (χ4v) is 4.34. The van der Waals surface area contributed by atoms with E-state index < -0.39 is 30.1 Å². The number of carbonyl (C=O) groups is 2. The maximum atomic E-state index is 13.6. The van der Waals surface area contributed by atoms with Crippen LogP contribution in [0.5, 0.6) is 0 Å². The lowest BCUT2D eigenvalue weighted by molar-refractivity contribution is 0.00688. The second kappa shape index (κ2) is 9.37. The number of hydrogen-bond donors (Lipinski definition) is 1. The quantitative estimate of drug-likeness (QED) is 0.330. The predicted molar refractivity (Wildman–Crippen MR) is 134 cm³/mol. The van der Waals surface area contributed by atoms with Gasteiger partial charge in [0, 0.05) is 11.6 Å². The van der Waals surface area contributed by atoms with Crippen LogP contribution in [0.2, 0.25) is 0 Å². The van der Waals surface area contributed by atoms with Crippen molar-refractivity contribution in [2.75, 3.05) is 11.9 Å². The number of ether oxygens (including phenoxy) is 2. The van der Waals surface area contributed by atoms with E-state index in [4.69, 9.17) is 9.47 Å². The molecule has 0 aliphatic heterocycles. The number of rotatable bonds is 5. The van der Waals surface area contributed by atoms with Crippen LogP contribution in [0.25, 0.3) is 11.1 Å². The number of carbonyl (C=O) groups excluding carboxylic acids is 2. The summed E-state index contributed by atoms with van der Waals surface area (Å²) in [7, 11) is 0. The highest BCUT2D eigenvalue weighted by atomic mass is 19.4. The summed E-state index contributed by atoms with van der Waals surface area (Å²) in [6, 6.07) is 17.2. The molecule has 3 aromatic rings. The highest BCUT2D eigenvalue weighted by Gasteiger charge is 2.31. The molecular formula is C27H26BF3NO4-. The smallest absolute Gasteiger partial charge is 0.456 e. The van der Waals surface area contributed by atoms with Gasteiger partial charge in [0.15, 0.2) is 0 Å². The summed E-state index contributed by atoms with van der Waals surface area (Å²) in [6.45, 7) is 0.871. The fourth-order valence-electron chi connectivity index (χ4n) is 4.34. The molecule has 1 amide bonds. The van der Waals surface area contributed by atoms with Crippen LogP contribution in [0.3, 0.4) is 0 Å². The number of hydrogen-bond acceptors (Lipinski definition) is 4. The van der Waals surface area contributed by atoms with Crippen LogP contribution in [-0.4, -0.2) is 31.2 Å². The van der Waals surface area contributed by atoms with E-state index in [0.29, 0.717) is 0 Å². The molecule has 0 radical (unpaired) electrons. The summed E-state index contributed by atoms with van der Waals surface area (Å²) in [6.07, 6.45) is -0.915. The summed E-state index contributed by atoms with van der Waals surface area (Å²) >= 11 is 0. The van der Waals surface area contributed by atoms with Gasteiger partial charge in [0.05, 0.1) is 5.56 Å². The monoisotopic (exact) mass is 496 g/mol. The first-order valence-corrected chi connectivity index (χ1v) is 11.5. The summed E-state index contributed by atoms with van der Waals surface area (Å²) in [5.74, 6) is -1.11. The number of halogens is 3. The molecule has 0 atom stereocenters. The normalized spacial score (nSPS) is 13.1. The Morgan fingerprint density at radius 1 is 0.944 bits per heavy atom. The first kappa shape index (κ1) is 25.4. The molecule has 0 aromatic heterocycles. The van der Waals surface area contributed by atoms with Gasteiger partial charge in [-0.05, 0) is 55.5 Å². The van der Waals surface area contributed by atoms with Crippen LogP contribution in [0, 0.1) is 6.92 Å². The second-order valence-corrected chi connectivity index (χ2v) is 9.77. The van der Waals surface area contributed by atoms with E-state index in [2.05, 4.69) is 5.32 Å². The van der Waals surface area contributed by atoms with Crippen LogP contribution in [-0.2, 0) is 9.47 Å². The van der Waals surface area contributed by atoms with E-state index in [-0.39, 0.29) is 29.3 Å². The molecule has 1 aliphatic rings. The first-order chi connectivity index (χ1) is 16.8. The number of fused-ring (bicyclic) bond motifs is 3. The summed E-state index contributed by atoms with van der Waals surface area (Å²) < 4.78 is 51.6. The largest absolute Gasteiger partial charge is 0.509 e. The zero-order valence-corrected chi connectivity index (χ0v) is 20.4. The third-order valence-corrected chi connectivity index (χ3v) is 6.01. The van der Waals surface area contributed by atoms with Crippen molar-refractivity contribution < 1.29 is 32.0 Å². The van der Waals surface area contributed by atoms with E-state index in [0.717, 1.165) is 34.4 Å². The molecule has 5 nitrogen and oxygen atoms in total. The van der Waals surface area contributed by atoms with Crippen LogP contribution in [0.1, 0.15) is 53.7 Å². The Morgan fingerprint density at radius 2 is 1.50 bits per heavy atom. The van der Waals surface area contributed by atoms with Crippen molar-refractivity contribution >= 4 is 30.2 Å². The van der Waals surface area contributed by atoms with E-state index in [9.17, 15) is 22.5 Å². The van der Waals surface area contributed by atoms with Crippen molar-refractivity contribution in [2.45, 2.75) is 39.2 Å². The number of nitrogens with one attached hydrogen (secondary N) is 1. The average Bonchev–Trinajstić information content (AvgIpc) is 3.11. The molecule has 0 bridgehead atoms. The molecule has 0 fully saturated rings. The first-order valence-electron chi connectivity index (χ1n) is 11.5. The Balaban J connectivity index is 1.57. The molecule has 0 spiro atoms. The Morgan fingerprint density at radius 3 is 2.03 bits per heavy atom. The van der Waals surface area contributed by atoms with Crippen molar-refractivity contribution in [1.29, 1.82) is 0 Å². The molecule has 0 saturated carbocycles. The Kier molecular flexibility index (Phi) is 6.60. The molecule has 1 aliphatic carbocycles. The lowest BCUT2D eigenvalue weighted by atomic mass is 9.78. The van der Waals surface area contributed by atoms with Gasteiger partial charge in [-0.25, -0.2) is 9.59 Å². The molecule has 36 heavy (non-hydrogen) atoms. The third-order valence-electron chi connectivity index (χ3n) is 6.01. The van der Waals surface area contributed by atoms with Gasteiger partial charge < -0.3 is 22.4 Å². The Hall–Kier alpha value is -3.75.